The van der Waals surface area contributed by atoms with Gasteiger partial charge in [-0.15, -0.1) is 0 Å². The zero-order valence-electron chi connectivity index (χ0n) is 17.6. The fraction of sp³-hybridized carbons (Fsp3) is 0.130. The van der Waals surface area contributed by atoms with Gasteiger partial charge in [-0.25, -0.2) is 14.6 Å². The van der Waals surface area contributed by atoms with E-state index in [0.29, 0.717) is 28.7 Å². The molecule has 0 radical (unpaired) electrons. The first kappa shape index (κ1) is 20.1. The number of carbonyl (C=O) groups is 1. The lowest BCUT2D eigenvalue weighted by molar-refractivity contribution is 0.102. The second-order valence-electron chi connectivity index (χ2n) is 7.21. The van der Waals surface area contributed by atoms with Crippen LogP contribution in [0.4, 0.5) is 22.9 Å². The summed E-state index contributed by atoms with van der Waals surface area (Å²) in [6.07, 6.45) is 3.53. The molecular formula is C23H23N7O. The molecule has 8 nitrogen and oxygen atoms in total. The molecule has 0 saturated heterocycles. The number of anilines is 4. The van der Waals surface area contributed by atoms with Crippen molar-refractivity contribution in [1.82, 2.24) is 19.7 Å². The average Bonchev–Trinajstić information content (AvgIpc) is 3.30. The maximum absolute atomic E-state index is 12.5. The van der Waals surface area contributed by atoms with E-state index in [1.54, 1.807) is 10.9 Å². The predicted octanol–water partition coefficient (Wildman–Crippen LogP) is 4.03. The van der Waals surface area contributed by atoms with E-state index in [4.69, 9.17) is 0 Å². The number of amides is 1. The molecule has 0 aliphatic rings. The van der Waals surface area contributed by atoms with Crippen LogP contribution in [-0.4, -0.2) is 39.8 Å². The first-order valence-electron chi connectivity index (χ1n) is 9.79. The fourth-order valence-corrected chi connectivity index (χ4v) is 3.04. The van der Waals surface area contributed by atoms with Gasteiger partial charge in [0.05, 0.1) is 0 Å². The molecule has 2 N–H and O–H groups in total. The molecule has 156 valence electrons. The van der Waals surface area contributed by atoms with E-state index in [9.17, 15) is 4.79 Å². The minimum atomic E-state index is -0.152. The van der Waals surface area contributed by atoms with E-state index >= 15 is 0 Å². The zero-order valence-corrected chi connectivity index (χ0v) is 17.6. The Bertz CT molecular complexity index is 1170. The first-order valence-corrected chi connectivity index (χ1v) is 9.79. The number of carbonyl (C=O) groups excluding carboxylic acids is 1. The number of benzene rings is 2. The third-order valence-corrected chi connectivity index (χ3v) is 4.62. The maximum Gasteiger partial charge on any atom is 0.255 e. The van der Waals surface area contributed by atoms with Crippen molar-refractivity contribution in [2.45, 2.75) is 6.92 Å². The van der Waals surface area contributed by atoms with Crippen molar-refractivity contribution in [2.24, 2.45) is 0 Å². The van der Waals surface area contributed by atoms with Gasteiger partial charge >= 0.3 is 0 Å². The molecule has 0 spiro atoms. The van der Waals surface area contributed by atoms with Crippen molar-refractivity contribution < 1.29 is 4.79 Å². The molecule has 2 aromatic carbocycles. The molecule has 0 aliphatic carbocycles. The van der Waals surface area contributed by atoms with Crippen LogP contribution in [0, 0.1) is 6.92 Å². The van der Waals surface area contributed by atoms with Gasteiger partial charge in [-0.3, -0.25) is 4.79 Å². The third-order valence-electron chi connectivity index (χ3n) is 4.62. The number of hydrogen-bond donors (Lipinski definition) is 2. The van der Waals surface area contributed by atoms with E-state index in [2.05, 4.69) is 25.7 Å². The second kappa shape index (κ2) is 8.66. The number of hydrogen-bond acceptors (Lipinski definition) is 6. The van der Waals surface area contributed by atoms with Crippen molar-refractivity contribution in [3.05, 3.63) is 84.4 Å². The molecule has 0 unspecified atom stereocenters. The summed E-state index contributed by atoms with van der Waals surface area (Å²) in [6, 6.07) is 18.6. The van der Waals surface area contributed by atoms with Crippen molar-refractivity contribution in [3.63, 3.8) is 0 Å². The van der Waals surface area contributed by atoms with Crippen LogP contribution in [0.5, 0.6) is 0 Å². The fourth-order valence-electron chi connectivity index (χ4n) is 3.04. The van der Waals surface area contributed by atoms with Crippen LogP contribution >= 0.6 is 0 Å². The molecule has 2 heterocycles. The molecule has 1 amide bonds. The topological polar surface area (TPSA) is 88.0 Å². The molecule has 0 atom stereocenters. The molecule has 0 aliphatic heterocycles. The lowest BCUT2D eigenvalue weighted by Crippen LogP contribution is -2.13. The Morgan fingerprint density at radius 1 is 0.968 bits per heavy atom. The zero-order chi connectivity index (χ0) is 21.8. The highest BCUT2D eigenvalue weighted by Gasteiger charge is 2.08. The summed E-state index contributed by atoms with van der Waals surface area (Å²) in [5, 5.41) is 10.4. The van der Waals surface area contributed by atoms with Gasteiger partial charge in [-0.1, -0.05) is 0 Å². The van der Waals surface area contributed by atoms with Gasteiger partial charge in [-0.05, 0) is 61.5 Å². The number of nitrogens with zero attached hydrogens (tertiary/aromatic N) is 5. The molecule has 8 heteroatoms. The van der Waals surface area contributed by atoms with Gasteiger partial charge in [0.1, 0.15) is 11.6 Å². The van der Waals surface area contributed by atoms with Crippen LogP contribution in [0.3, 0.4) is 0 Å². The quantitative estimate of drug-likeness (QED) is 0.496. The summed E-state index contributed by atoms with van der Waals surface area (Å²) in [6.45, 7) is 1.84. The normalized spacial score (nSPS) is 10.5. The van der Waals surface area contributed by atoms with Crippen LogP contribution in [0.1, 0.15) is 16.2 Å². The molecule has 0 saturated carbocycles. The van der Waals surface area contributed by atoms with Crippen molar-refractivity contribution >= 4 is 28.8 Å². The highest BCUT2D eigenvalue weighted by atomic mass is 16.1. The smallest absolute Gasteiger partial charge is 0.255 e. The van der Waals surface area contributed by atoms with Gasteiger partial charge in [0.25, 0.3) is 5.91 Å². The summed E-state index contributed by atoms with van der Waals surface area (Å²) >= 11 is 0. The molecule has 0 fully saturated rings. The van der Waals surface area contributed by atoms with Crippen LogP contribution in [0.25, 0.3) is 5.82 Å². The van der Waals surface area contributed by atoms with E-state index in [0.717, 1.165) is 11.4 Å². The minimum absolute atomic E-state index is 0.152. The second-order valence-corrected chi connectivity index (χ2v) is 7.21. The lowest BCUT2D eigenvalue weighted by atomic mass is 10.2. The van der Waals surface area contributed by atoms with Crippen LogP contribution in [0.15, 0.2) is 73.1 Å². The Hall–Kier alpha value is -4.20. The van der Waals surface area contributed by atoms with E-state index in [1.807, 2.05) is 92.8 Å². The third kappa shape index (κ3) is 4.87. The molecule has 4 aromatic rings. The number of rotatable bonds is 6. The standard InChI is InChI=1S/C23H23N7O/c1-16-25-21(15-22(26-16)30-14-4-13-24-30)27-18-7-9-19(10-8-18)28-23(31)17-5-11-20(12-6-17)29(2)3/h4-15H,1-3H3,(H,28,31)(H,25,26,27). The average molecular weight is 413 g/mol. The molecular weight excluding hydrogens is 390 g/mol. The van der Waals surface area contributed by atoms with Gasteiger partial charge in [0, 0.05) is 55.2 Å². The molecule has 2 aromatic heterocycles. The Kier molecular flexibility index (Phi) is 5.61. The van der Waals surface area contributed by atoms with Crippen molar-refractivity contribution in [3.8, 4) is 5.82 Å². The van der Waals surface area contributed by atoms with Crippen LogP contribution < -0.4 is 15.5 Å². The van der Waals surface area contributed by atoms with Gasteiger partial charge < -0.3 is 15.5 Å². The highest BCUT2D eigenvalue weighted by molar-refractivity contribution is 6.04. The van der Waals surface area contributed by atoms with Crippen molar-refractivity contribution in [2.75, 3.05) is 29.6 Å². The largest absolute Gasteiger partial charge is 0.378 e. The highest BCUT2D eigenvalue weighted by Crippen LogP contribution is 2.20. The summed E-state index contributed by atoms with van der Waals surface area (Å²) < 4.78 is 1.68. The number of nitrogens with one attached hydrogen (secondary N) is 2. The molecule has 31 heavy (non-hydrogen) atoms. The summed E-state index contributed by atoms with van der Waals surface area (Å²) in [7, 11) is 3.93. The Labute approximate surface area is 180 Å². The summed E-state index contributed by atoms with van der Waals surface area (Å²) in [5.74, 6) is 1.83. The summed E-state index contributed by atoms with van der Waals surface area (Å²) in [5.41, 5.74) is 3.21. The summed E-state index contributed by atoms with van der Waals surface area (Å²) in [4.78, 5) is 23.3. The number of aryl methyl sites for hydroxylation is 1. The van der Waals surface area contributed by atoms with E-state index in [1.165, 1.54) is 0 Å². The van der Waals surface area contributed by atoms with Crippen LogP contribution in [0.2, 0.25) is 0 Å². The van der Waals surface area contributed by atoms with Crippen molar-refractivity contribution in [1.29, 1.82) is 0 Å². The predicted molar refractivity (Wildman–Crippen MR) is 122 cm³/mol. The Morgan fingerprint density at radius 2 is 1.68 bits per heavy atom. The Morgan fingerprint density at radius 3 is 2.32 bits per heavy atom. The van der Waals surface area contributed by atoms with E-state index < -0.39 is 0 Å². The van der Waals surface area contributed by atoms with Gasteiger partial charge in [0.15, 0.2) is 5.82 Å². The van der Waals surface area contributed by atoms with Gasteiger partial charge in [-0.2, -0.15) is 5.10 Å². The Balaban J connectivity index is 1.43. The monoisotopic (exact) mass is 413 g/mol. The number of aromatic nitrogens is 4. The van der Waals surface area contributed by atoms with Crippen LogP contribution in [-0.2, 0) is 0 Å². The molecule has 0 bridgehead atoms. The lowest BCUT2D eigenvalue weighted by Gasteiger charge is -2.13. The molecule has 4 rings (SSSR count). The minimum Gasteiger partial charge on any atom is -0.378 e. The van der Waals surface area contributed by atoms with E-state index in [-0.39, 0.29) is 5.91 Å². The van der Waals surface area contributed by atoms with Gasteiger partial charge in [0.2, 0.25) is 0 Å². The maximum atomic E-state index is 12.5. The first-order chi connectivity index (χ1) is 15.0. The SMILES string of the molecule is Cc1nc(Nc2ccc(NC(=O)c3ccc(N(C)C)cc3)cc2)cc(-n2cccn2)n1.